The molecule has 9 nitrogen and oxygen atoms in total. The number of hydrogen-bond acceptors (Lipinski definition) is 8. The van der Waals surface area contributed by atoms with Crippen molar-refractivity contribution in [1.82, 2.24) is 20.2 Å². The molecule has 29 heavy (non-hydrogen) atoms. The van der Waals surface area contributed by atoms with Crippen LogP contribution in [0.2, 0.25) is 5.15 Å². The molecule has 0 unspecified atom stereocenters. The van der Waals surface area contributed by atoms with E-state index < -0.39 is 5.91 Å². The lowest BCUT2D eigenvalue weighted by Crippen LogP contribution is -2.43. The molecule has 0 spiro atoms. The molecule has 1 aliphatic rings. The van der Waals surface area contributed by atoms with Gasteiger partial charge in [-0.25, -0.2) is 4.98 Å². The number of anilines is 3. The van der Waals surface area contributed by atoms with E-state index in [9.17, 15) is 4.79 Å². The van der Waals surface area contributed by atoms with Crippen LogP contribution in [-0.2, 0) is 0 Å². The highest BCUT2D eigenvalue weighted by Crippen LogP contribution is 2.30. The summed E-state index contributed by atoms with van der Waals surface area (Å²) in [6, 6.07) is 7.43. The van der Waals surface area contributed by atoms with E-state index in [4.69, 9.17) is 23.1 Å². The number of nitrogens with one attached hydrogen (secondary N) is 2. The number of carbonyl (C=O) groups is 1. The molecule has 1 amide bonds. The maximum atomic E-state index is 11.9. The summed E-state index contributed by atoms with van der Waals surface area (Å²) in [5.74, 6) is -0.229. The zero-order chi connectivity index (χ0) is 20.4. The summed E-state index contributed by atoms with van der Waals surface area (Å²) in [4.78, 5) is 20.4. The average Bonchev–Trinajstić information content (AvgIpc) is 2.70. The third-order valence-electron chi connectivity index (χ3n) is 5.06. The van der Waals surface area contributed by atoms with Crippen LogP contribution < -0.4 is 22.1 Å². The van der Waals surface area contributed by atoms with E-state index in [0.717, 1.165) is 36.5 Å². The molecule has 1 saturated carbocycles. The number of fused-ring (bicyclic) bond motifs is 1. The zero-order valence-electron chi connectivity index (χ0n) is 15.6. The number of rotatable bonds is 5. The van der Waals surface area contributed by atoms with Gasteiger partial charge in [0.15, 0.2) is 11.5 Å². The molecule has 0 bridgehead atoms. The molecule has 0 aliphatic heterocycles. The normalized spacial score (nSPS) is 19.1. The number of carbonyl (C=O) groups excluding carboxylic acids is 1. The molecule has 150 valence electrons. The molecule has 1 fully saturated rings. The van der Waals surface area contributed by atoms with E-state index in [1.54, 1.807) is 6.20 Å². The Morgan fingerprint density at radius 2 is 1.97 bits per heavy atom. The highest BCUT2D eigenvalue weighted by Gasteiger charge is 2.23. The number of primary amides is 1. The van der Waals surface area contributed by atoms with Gasteiger partial charge in [-0.3, -0.25) is 4.79 Å². The second kappa shape index (κ2) is 8.14. The Morgan fingerprint density at radius 3 is 2.76 bits per heavy atom. The van der Waals surface area contributed by atoms with Crippen molar-refractivity contribution in [3.8, 4) is 0 Å². The van der Waals surface area contributed by atoms with Crippen LogP contribution in [0.4, 0.5) is 17.5 Å². The molecular formula is C19H21ClN8O. The van der Waals surface area contributed by atoms with E-state index >= 15 is 0 Å². The largest absolute Gasteiger partial charge is 0.364 e. The van der Waals surface area contributed by atoms with Crippen LogP contribution in [0.15, 0.2) is 30.5 Å². The van der Waals surface area contributed by atoms with Gasteiger partial charge in [-0.1, -0.05) is 36.6 Å². The van der Waals surface area contributed by atoms with Crippen molar-refractivity contribution >= 4 is 45.7 Å². The van der Waals surface area contributed by atoms with Gasteiger partial charge < -0.3 is 22.1 Å². The fourth-order valence-electron chi connectivity index (χ4n) is 3.55. The van der Waals surface area contributed by atoms with Gasteiger partial charge in [-0.2, -0.15) is 4.98 Å². The maximum Gasteiger partial charge on any atom is 0.273 e. The monoisotopic (exact) mass is 412 g/mol. The van der Waals surface area contributed by atoms with Crippen molar-refractivity contribution in [2.45, 2.75) is 37.8 Å². The maximum absolute atomic E-state index is 11.9. The Bertz CT molecular complexity index is 1060. The predicted octanol–water partition coefficient (Wildman–Crippen LogP) is 2.60. The summed E-state index contributed by atoms with van der Waals surface area (Å²) in [7, 11) is 0. The molecule has 2 heterocycles. The van der Waals surface area contributed by atoms with E-state index in [1.165, 1.54) is 0 Å². The van der Waals surface area contributed by atoms with Gasteiger partial charge >= 0.3 is 0 Å². The van der Waals surface area contributed by atoms with E-state index in [0.29, 0.717) is 16.8 Å². The van der Waals surface area contributed by atoms with Crippen LogP contribution in [0, 0.1) is 0 Å². The first-order valence-electron chi connectivity index (χ1n) is 9.40. The Hall–Kier alpha value is -3.04. The third kappa shape index (κ3) is 4.06. The SMILES string of the molecule is NC(=O)c1nnc(N[C@@H]2CCCC[C@@H]2N)nc1Nc1cccc2c(Cl)nccc12. The first-order chi connectivity index (χ1) is 14.0. The second-order valence-electron chi connectivity index (χ2n) is 7.02. The zero-order valence-corrected chi connectivity index (χ0v) is 16.4. The molecule has 1 aromatic carbocycles. The number of nitrogens with two attached hydrogens (primary N) is 2. The average molecular weight is 413 g/mol. The van der Waals surface area contributed by atoms with E-state index in [2.05, 4.69) is 30.8 Å². The van der Waals surface area contributed by atoms with Crippen molar-refractivity contribution in [1.29, 1.82) is 0 Å². The Kier molecular flexibility index (Phi) is 5.41. The van der Waals surface area contributed by atoms with Gasteiger partial charge in [0.1, 0.15) is 5.15 Å². The highest BCUT2D eigenvalue weighted by molar-refractivity contribution is 6.34. The van der Waals surface area contributed by atoms with Crippen LogP contribution >= 0.6 is 11.6 Å². The highest BCUT2D eigenvalue weighted by atomic mass is 35.5. The summed E-state index contributed by atoms with van der Waals surface area (Å²) in [6.45, 7) is 0. The Morgan fingerprint density at radius 1 is 1.14 bits per heavy atom. The minimum Gasteiger partial charge on any atom is -0.364 e. The number of benzene rings is 1. The first-order valence-corrected chi connectivity index (χ1v) is 9.77. The lowest BCUT2D eigenvalue weighted by Gasteiger charge is -2.29. The molecule has 4 rings (SSSR count). The lowest BCUT2D eigenvalue weighted by molar-refractivity contribution is 0.0995. The van der Waals surface area contributed by atoms with E-state index in [-0.39, 0.29) is 23.6 Å². The van der Waals surface area contributed by atoms with Gasteiger partial charge in [0.2, 0.25) is 5.95 Å². The summed E-state index contributed by atoms with van der Waals surface area (Å²) in [5, 5.41) is 16.3. The summed E-state index contributed by atoms with van der Waals surface area (Å²) < 4.78 is 0. The van der Waals surface area contributed by atoms with Gasteiger partial charge in [0.05, 0.1) is 0 Å². The standard InChI is InChI=1S/C19H21ClN8O/c20-16-11-4-3-7-13(10(11)8-9-23-16)24-18-15(17(22)29)27-28-19(26-18)25-14-6-2-1-5-12(14)21/h3-4,7-9,12,14H,1-2,5-6,21H2,(H2,22,29)(H2,24,25,26,28)/t12-,14+/m0/s1. The molecule has 3 aromatic rings. The number of hydrogen-bond donors (Lipinski definition) is 4. The van der Waals surface area contributed by atoms with Gasteiger partial charge in [0, 0.05) is 34.7 Å². The molecule has 2 atom stereocenters. The van der Waals surface area contributed by atoms with Crippen molar-refractivity contribution in [3.63, 3.8) is 0 Å². The van der Waals surface area contributed by atoms with Crippen LogP contribution in [0.5, 0.6) is 0 Å². The predicted molar refractivity (Wildman–Crippen MR) is 112 cm³/mol. The van der Waals surface area contributed by atoms with Crippen LogP contribution in [0.1, 0.15) is 36.2 Å². The lowest BCUT2D eigenvalue weighted by atomic mass is 9.91. The molecule has 0 saturated heterocycles. The fraction of sp³-hybridized carbons (Fsp3) is 0.316. The first kappa shape index (κ1) is 19.3. The molecule has 0 radical (unpaired) electrons. The van der Waals surface area contributed by atoms with Gasteiger partial charge in [-0.15, -0.1) is 10.2 Å². The van der Waals surface area contributed by atoms with E-state index in [1.807, 2.05) is 24.3 Å². The number of halogens is 1. The summed E-state index contributed by atoms with van der Waals surface area (Å²) >= 11 is 6.19. The van der Waals surface area contributed by atoms with Crippen molar-refractivity contribution in [3.05, 3.63) is 41.3 Å². The number of nitrogens with zero attached hydrogens (tertiary/aromatic N) is 4. The molecule has 6 N–H and O–H groups in total. The van der Waals surface area contributed by atoms with Crippen LogP contribution in [0.25, 0.3) is 10.8 Å². The number of pyridine rings is 1. The second-order valence-corrected chi connectivity index (χ2v) is 7.38. The minimum atomic E-state index is -0.728. The van der Waals surface area contributed by atoms with Gasteiger partial charge in [-0.05, 0) is 25.0 Å². The van der Waals surface area contributed by atoms with Crippen molar-refractivity contribution in [2.75, 3.05) is 10.6 Å². The quantitative estimate of drug-likeness (QED) is 0.468. The molecule has 1 aliphatic carbocycles. The summed E-state index contributed by atoms with van der Waals surface area (Å²) in [5.41, 5.74) is 12.3. The molecule has 10 heteroatoms. The summed E-state index contributed by atoms with van der Waals surface area (Å²) in [6.07, 6.45) is 5.69. The van der Waals surface area contributed by atoms with Crippen molar-refractivity contribution < 1.29 is 4.79 Å². The number of amides is 1. The Labute approximate surface area is 172 Å². The fourth-order valence-corrected chi connectivity index (χ4v) is 3.77. The molecular weight excluding hydrogens is 392 g/mol. The van der Waals surface area contributed by atoms with Crippen LogP contribution in [0.3, 0.4) is 0 Å². The van der Waals surface area contributed by atoms with Gasteiger partial charge in [0.25, 0.3) is 5.91 Å². The van der Waals surface area contributed by atoms with Crippen LogP contribution in [-0.4, -0.2) is 38.2 Å². The Balaban J connectivity index is 1.69. The number of aromatic nitrogens is 4. The minimum absolute atomic E-state index is 0.0206. The third-order valence-corrected chi connectivity index (χ3v) is 5.37. The smallest absolute Gasteiger partial charge is 0.273 e. The topological polar surface area (TPSA) is 145 Å². The molecule has 2 aromatic heterocycles. The van der Waals surface area contributed by atoms with Crippen molar-refractivity contribution in [2.24, 2.45) is 11.5 Å².